The first-order valence-corrected chi connectivity index (χ1v) is 8.59. The first-order valence-electron chi connectivity index (χ1n) is 8.59. The quantitative estimate of drug-likeness (QED) is 0.310. The van der Waals surface area contributed by atoms with Gasteiger partial charge in [0.1, 0.15) is 29.8 Å². The lowest BCUT2D eigenvalue weighted by Gasteiger charge is -2.15. The number of rotatable bonds is 4. The van der Waals surface area contributed by atoms with Crippen molar-refractivity contribution in [2.24, 2.45) is 5.16 Å². The number of fused-ring (bicyclic) bond motifs is 2. The smallest absolute Gasteiger partial charge is 0.344 e. The third-order valence-corrected chi connectivity index (χ3v) is 4.58. The van der Waals surface area contributed by atoms with Crippen LogP contribution in [0.5, 0.6) is 11.5 Å². The van der Waals surface area contributed by atoms with Gasteiger partial charge in [-0.15, -0.1) is 0 Å². The second kappa shape index (κ2) is 7.16. The molecule has 0 bridgehead atoms. The van der Waals surface area contributed by atoms with Crippen LogP contribution in [0.15, 0.2) is 72.1 Å². The summed E-state index contributed by atoms with van der Waals surface area (Å²) in [4.78, 5) is 30.0. The molecular formula is C21H15NO7. The standard InChI is InChI=1S/C21H15NO7/c1-27-22-10-13(16-18(23)11-6-2-4-8-14(11)28-20(16)25)17-19(24)12-7-3-5-9-15(12)29-21(17)26/h2-10,13,23-24H,1H3/b22-10+. The lowest BCUT2D eigenvalue weighted by Crippen LogP contribution is -2.21. The molecule has 0 aliphatic carbocycles. The van der Waals surface area contributed by atoms with Crippen LogP contribution in [0.2, 0.25) is 0 Å². The van der Waals surface area contributed by atoms with Crippen LogP contribution in [0.25, 0.3) is 21.9 Å². The van der Waals surface area contributed by atoms with Crippen LogP contribution in [-0.2, 0) is 4.84 Å². The van der Waals surface area contributed by atoms with Gasteiger partial charge in [-0.1, -0.05) is 29.4 Å². The predicted molar refractivity (Wildman–Crippen MR) is 106 cm³/mol. The molecule has 8 nitrogen and oxygen atoms in total. The number of para-hydroxylation sites is 2. The van der Waals surface area contributed by atoms with Gasteiger partial charge in [0.2, 0.25) is 0 Å². The normalized spacial score (nSPS) is 11.7. The van der Waals surface area contributed by atoms with Crippen molar-refractivity contribution >= 4 is 28.2 Å². The average molecular weight is 393 g/mol. The van der Waals surface area contributed by atoms with E-state index in [1.54, 1.807) is 36.4 Å². The Morgan fingerprint density at radius 1 is 0.862 bits per heavy atom. The van der Waals surface area contributed by atoms with Gasteiger partial charge in [0.25, 0.3) is 0 Å². The molecule has 2 aromatic heterocycles. The zero-order valence-electron chi connectivity index (χ0n) is 15.2. The molecule has 4 aromatic rings. The van der Waals surface area contributed by atoms with Crippen molar-refractivity contribution in [1.29, 1.82) is 0 Å². The van der Waals surface area contributed by atoms with E-state index in [0.29, 0.717) is 0 Å². The lowest BCUT2D eigenvalue weighted by molar-refractivity contribution is 0.214. The van der Waals surface area contributed by atoms with Gasteiger partial charge in [-0.05, 0) is 24.3 Å². The molecule has 0 aliphatic heterocycles. The molecule has 8 heteroatoms. The molecule has 4 rings (SSSR count). The maximum absolute atomic E-state index is 12.7. The minimum absolute atomic E-state index is 0.177. The number of hydrogen-bond donors (Lipinski definition) is 2. The first-order chi connectivity index (χ1) is 14.0. The van der Waals surface area contributed by atoms with Gasteiger partial charge in [-0.2, -0.15) is 0 Å². The van der Waals surface area contributed by atoms with Crippen molar-refractivity contribution in [1.82, 2.24) is 0 Å². The summed E-state index contributed by atoms with van der Waals surface area (Å²) in [7, 11) is 1.28. The van der Waals surface area contributed by atoms with Gasteiger partial charge >= 0.3 is 11.3 Å². The summed E-state index contributed by atoms with van der Waals surface area (Å²) in [5.74, 6) is -2.07. The molecule has 0 atom stereocenters. The van der Waals surface area contributed by atoms with E-state index in [1.165, 1.54) is 19.2 Å². The second-order valence-electron chi connectivity index (χ2n) is 6.21. The van der Waals surface area contributed by atoms with Crippen LogP contribution in [0.3, 0.4) is 0 Å². The zero-order valence-corrected chi connectivity index (χ0v) is 15.2. The molecule has 0 aliphatic rings. The predicted octanol–water partition coefficient (Wildman–Crippen LogP) is 3.07. The van der Waals surface area contributed by atoms with Gasteiger partial charge in [-0.25, -0.2) is 9.59 Å². The molecule has 2 aromatic carbocycles. The van der Waals surface area contributed by atoms with Gasteiger partial charge in [0.15, 0.2) is 0 Å². The fraction of sp³-hybridized carbons (Fsp3) is 0.0952. The summed E-state index contributed by atoms with van der Waals surface area (Å²) >= 11 is 0. The van der Waals surface area contributed by atoms with Crippen molar-refractivity contribution in [2.45, 2.75) is 5.92 Å². The van der Waals surface area contributed by atoms with E-state index in [0.717, 1.165) is 6.21 Å². The summed E-state index contributed by atoms with van der Waals surface area (Å²) < 4.78 is 10.6. The van der Waals surface area contributed by atoms with E-state index in [1.807, 2.05) is 0 Å². The Labute approximate surface area is 162 Å². The molecule has 0 saturated carbocycles. The fourth-order valence-corrected chi connectivity index (χ4v) is 3.26. The highest BCUT2D eigenvalue weighted by Gasteiger charge is 2.30. The summed E-state index contributed by atoms with van der Waals surface area (Å²) in [5.41, 5.74) is -1.97. The molecular weight excluding hydrogens is 378 g/mol. The molecule has 0 saturated heterocycles. The van der Waals surface area contributed by atoms with Crippen molar-refractivity contribution < 1.29 is 23.9 Å². The number of oxime groups is 1. The van der Waals surface area contributed by atoms with E-state index in [4.69, 9.17) is 13.7 Å². The number of benzene rings is 2. The van der Waals surface area contributed by atoms with Crippen LogP contribution in [0.1, 0.15) is 17.0 Å². The van der Waals surface area contributed by atoms with E-state index < -0.39 is 28.7 Å². The molecule has 2 N–H and O–H groups in total. The highest BCUT2D eigenvalue weighted by atomic mass is 16.6. The largest absolute Gasteiger partial charge is 0.507 e. The maximum Gasteiger partial charge on any atom is 0.344 e. The van der Waals surface area contributed by atoms with Crippen LogP contribution in [0, 0.1) is 0 Å². The summed E-state index contributed by atoms with van der Waals surface area (Å²) in [5, 5.41) is 25.7. The van der Waals surface area contributed by atoms with Gasteiger partial charge in [-0.3, -0.25) is 0 Å². The Balaban J connectivity index is 2.07. The van der Waals surface area contributed by atoms with Gasteiger partial charge in [0, 0.05) is 0 Å². The minimum Gasteiger partial charge on any atom is -0.507 e. The van der Waals surface area contributed by atoms with E-state index >= 15 is 0 Å². The number of nitrogens with zero attached hydrogens (tertiary/aromatic N) is 1. The molecule has 0 radical (unpaired) electrons. The van der Waals surface area contributed by atoms with Crippen molar-refractivity contribution in [3.05, 3.63) is 80.5 Å². The Bertz CT molecular complexity index is 1270. The summed E-state index contributed by atoms with van der Waals surface area (Å²) in [6.45, 7) is 0. The Morgan fingerprint density at radius 2 is 1.31 bits per heavy atom. The van der Waals surface area contributed by atoms with E-state index in [-0.39, 0.29) is 33.1 Å². The average Bonchev–Trinajstić information content (AvgIpc) is 2.71. The molecule has 29 heavy (non-hydrogen) atoms. The Kier molecular flexibility index (Phi) is 4.52. The molecule has 146 valence electrons. The van der Waals surface area contributed by atoms with Gasteiger partial charge < -0.3 is 23.9 Å². The second-order valence-corrected chi connectivity index (χ2v) is 6.21. The van der Waals surface area contributed by atoms with E-state index in [9.17, 15) is 19.8 Å². The van der Waals surface area contributed by atoms with Crippen LogP contribution in [-0.4, -0.2) is 23.5 Å². The first kappa shape index (κ1) is 18.3. The topological polar surface area (TPSA) is 122 Å². The SMILES string of the molecule is CO/N=C/C(c1c(O)c2ccccc2oc1=O)c1c(O)c2ccccc2oc1=O. The highest BCUT2D eigenvalue weighted by molar-refractivity contribution is 5.89. The zero-order chi connectivity index (χ0) is 20.5. The monoisotopic (exact) mass is 393 g/mol. The molecule has 0 unspecified atom stereocenters. The van der Waals surface area contributed by atoms with Crippen molar-refractivity contribution in [2.75, 3.05) is 7.11 Å². The lowest BCUT2D eigenvalue weighted by atomic mass is 9.91. The summed E-state index contributed by atoms with van der Waals surface area (Å²) in [6.07, 6.45) is 1.11. The summed E-state index contributed by atoms with van der Waals surface area (Å²) in [6, 6.07) is 12.8. The van der Waals surface area contributed by atoms with Gasteiger partial charge in [0.05, 0.1) is 34.0 Å². The fourth-order valence-electron chi connectivity index (χ4n) is 3.26. The van der Waals surface area contributed by atoms with Crippen LogP contribution >= 0.6 is 0 Å². The Morgan fingerprint density at radius 3 is 1.76 bits per heavy atom. The van der Waals surface area contributed by atoms with Crippen molar-refractivity contribution in [3.8, 4) is 11.5 Å². The van der Waals surface area contributed by atoms with Crippen molar-refractivity contribution in [3.63, 3.8) is 0 Å². The number of hydrogen-bond acceptors (Lipinski definition) is 8. The Hall–Kier alpha value is -4.07. The molecule has 2 heterocycles. The van der Waals surface area contributed by atoms with Crippen LogP contribution in [0.4, 0.5) is 0 Å². The maximum atomic E-state index is 12.7. The highest BCUT2D eigenvalue weighted by Crippen LogP contribution is 2.37. The number of aromatic hydroxyl groups is 2. The van der Waals surface area contributed by atoms with Crippen LogP contribution < -0.4 is 11.3 Å². The minimum atomic E-state index is -1.28. The third kappa shape index (κ3) is 3.00. The third-order valence-electron chi connectivity index (χ3n) is 4.58. The molecule has 0 spiro atoms. The molecule has 0 amide bonds. The van der Waals surface area contributed by atoms with E-state index in [2.05, 4.69) is 5.16 Å². The molecule has 0 fully saturated rings.